The lowest BCUT2D eigenvalue weighted by Crippen LogP contribution is -2.52. The first kappa shape index (κ1) is 12.7. The van der Waals surface area contributed by atoms with Gasteiger partial charge in [-0.05, 0) is 37.5 Å². The van der Waals surface area contributed by atoms with Gasteiger partial charge in [0.05, 0.1) is 5.69 Å². The van der Waals surface area contributed by atoms with Crippen LogP contribution in [0.3, 0.4) is 0 Å². The first-order chi connectivity index (χ1) is 8.00. The molecule has 0 aliphatic carbocycles. The zero-order chi connectivity index (χ0) is 12.6. The topological polar surface area (TPSA) is 29.3 Å². The summed E-state index contributed by atoms with van der Waals surface area (Å²) in [6, 6.07) is 5.11. The Hall–Kier alpha value is -0.800. The van der Waals surface area contributed by atoms with E-state index >= 15 is 0 Å². The quantitative estimate of drug-likeness (QED) is 0.837. The van der Waals surface area contributed by atoms with Gasteiger partial charge in [0, 0.05) is 23.7 Å². The van der Waals surface area contributed by atoms with Crippen LogP contribution >= 0.6 is 11.6 Å². The standard InChI is InChI=1S/C13H18ClFN2/c1-8-9(2)17(6-5-12(8)16)13-7-10(14)3-4-11(13)15/h3-4,7-9,12H,5-6,16H2,1-2H3. The minimum Gasteiger partial charge on any atom is -0.366 e. The summed E-state index contributed by atoms with van der Waals surface area (Å²) in [4.78, 5) is 2.06. The highest BCUT2D eigenvalue weighted by molar-refractivity contribution is 6.30. The number of anilines is 1. The van der Waals surface area contributed by atoms with Gasteiger partial charge in [0.15, 0.2) is 0 Å². The maximum absolute atomic E-state index is 13.8. The van der Waals surface area contributed by atoms with Gasteiger partial charge in [0.2, 0.25) is 0 Å². The summed E-state index contributed by atoms with van der Waals surface area (Å²) in [7, 11) is 0. The smallest absolute Gasteiger partial charge is 0.146 e. The average molecular weight is 257 g/mol. The van der Waals surface area contributed by atoms with Crippen LogP contribution in [0, 0.1) is 11.7 Å². The third-order valence-electron chi connectivity index (χ3n) is 3.85. The third kappa shape index (κ3) is 2.40. The van der Waals surface area contributed by atoms with Crippen LogP contribution in [0.2, 0.25) is 5.02 Å². The molecule has 4 heteroatoms. The van der Waals surface area contributed by atoms with Crippen LogP contribution in [0.25, 0.3) is 0 Å². The van der Waals surface area contributed by atoms with Crippen LogP contribution < -0.4 is 10.6 Å². The van der Waals surface area contributed by atoms with E-state index in [1.165, 1.54) is 6.07 Å². The van der Waals surface area contributed by atoms with Crippen LogP contribution in [0.4, 0.5) is 10.1 Å². The molecule has 0 bridgehead atoms. The van der Waals surface area contributed by atoms with Gasteiger partial charge in [-0.2, -0.15) is 0 Å². The number of hydrogen-bond acceptors (Lipinski definition) is 2. The van der Waals surface area contributed by atoms with Crippen molar-refractivity contribution >= 4 is 17.3 Å². The van der Waals surface area contributed by atoms with Crippen LogP contribution in [-0.2, 0) is 0 Å². The van der Waals surface area contributed by atoms with E-state index in [1.54, 1.807) is 12.1 Å². The molecule has 3 atom stereocenters. The first-order valence-corrected chi connectivity index (χ1v) is 6.35. The normalized spacial score (nSPS) is 29.5. The predicted molar refractivity (Wildman–Crippen MR) is 70.0 cm³/mol. The lowest BCUT2D eigenvalue weighted by molar-refractivity contribution is 0.313. The highest BCUT2D eigenvalue weighted by atomic mass is 35.5. The van der Waals surface area contributed by atoms with Crippen molar-refractivity contribution in [3.8, 4) is 0 Å². The molecule has 1 aromatic carbocycles. The molecule has 0 aromatic heterocycles. The highest BCUT2D eigenvalue weighted by Gasteiger charge is 2.31. The van der Waals surface area contributed by atoms with Gasteiger partial charge < -0.3 is 10.6 Å². The molecule has 1 fully saturated rings. The average Bonchev–Trinajstić information content (AvgIpc) is 2.30. The molecule has 3 unspecified atom stereocenters. The van der Waals surface area contributed by atoms with Crippen molar-refractivity contribution in [3.63, 3.8) is 0 Å². The Balaban J connectivity index is 2.30. The van der Waals surface area contributed by atoms with E-state index in [-0.39, 0.29) is 17.9 Å². The van der Waals surface area contributed by atoms with Crippen LogP contribution in [0.1, 0.15) is 20.3 Å². The number of halogens is 2. The van der Waals surface area contributed by atoms with Crippen molar-refractivity contribution in [1.82, 2.24) is 0 Å². The third-order valence-corrected chi connectivity index (χ3v) is 4.08. The molecule has 1 saturated heterocycles. The second kappa shape index (κ2) is 4.83. The zero-order valence-electron chi connectivity index (χ0n) is 10.2. The van der Waals surface area contributed by atoms with Gasteiger partial charge in [-0.3, -0.25) is 0 Å². The fourth-order valence-corrected chi connectivity index (χ4v) is 2.61. The molecule has 0 saturated carbocycles. The van der Waals surface area contributed by atoms with Gasteiger partial charge in [0.1, 0.15) is 5.82 Å². The summed E-state index contributed by atoms with van der Waals surface area (Å²) in [5.74, 6) is 0.131. The largest absolute Gasteiger partial charge is 0.366 e. The fourth-order valence-electron chi connectivity index (χ4n) is 2.44. The Bertz CT molecular complexity index is 410. The fraction of sp³-hybridized carbons (Fsp3) is 0.538. The van der Waals surface area contributed by atoms with Gasteiger partial charge in [-0.1, -0.05) is 18.5 Å². The van der Waals surface area contributed by atoms with Crippen molar-refractivity contribution in [2.75, 3.05) is 11.4 Å². The molecule has 2 N–H and O–H groups in total. The molecule has 0 spiro atoms. The van der Waals surface area contributed by atoms with Crippen LogP contribution in [-0.4, -0.2) is 18.6 Å². The Kier molecular flexibility index (Phi) is 3.59. The Morgan fingerprint density at radius 2 is 2.12 bits per heavy atom. The molecule has 1 aliphatic rings. The monoisotopic (exact) mass is 256 g/mol. The number of rotatable bonds is 1. The van der Waals surface area contributed by atoms with E-state index in [9.17, 15) is 4.39 Å². The van der Waals surface area contributed by atoms with Crippen molar-refractivity contribution in [2.45, 2.75) is 32.4 Å². The molecular formula is C13H18ClFN2. The second-order valence-electron chi connectivity index (χ2n) is 4.84. The van der Waals surface area contributed by atoms with E-state index in [0.717, 1.165) is 13.0 Å². The van der Waals surface area contributed by atoms with E-state index in [2.05, 4.69) is 18.7 Å². The lowest BCUT2D eigenvalue weighted by Gasteiger charge is -2.42. The first-order valence-electron chi connectivity index (χ1n) is 5.98. The van der Waals surface area contributed by atoms with E-state index in [4.69, 9.17) is 17.3 Å². The van der Waals surface area contributed by atoms with E-state index in [0.29, 0.717) is 16.6 Å². The summed E-state index contributed by atoms with van der Waals surface area (Å²) in [5.41, 5.74) is 6.62. The number of nitrogens with two attached hydrogens (primary N) is 1. The molecule has 1 heterocycles. The number of benzene rings is 1. The molecule has 2 nitrogen and oxygen atoms in total. The van der Waals surface area contributed by atoms with Gasteiger partial charge in [-0.15, -0.1) is 0 Å². The second-order valence-corrected chi connectivity index (χ2v) is 5.28. The Morgan fingerprint density at radius 3 is 2.82 bits per heavy atom. The molecule has 1 aromatic rings. The van der Waals surface area contributed by atoms with Crippen LogP contribution in [0.15, 0.2) is 18.2 Å². The molecule has 94 valence electrons. The van der Waals surface area contributed by atoms with Crippen LogP contribution in [0.5, 0.6) is 0 Å². The van der Waals surface area contributed by atoms with Gasteiger partial charge >= 0.3 is 0 Å². The molecule has 0 amide bonds. The minimum absolute atomic E-state index is 0.198. The van der Waals surface area contributed by atoms with Crippen molar-refractivity contribution in [2.24, 2.45) is 11.7 Å². The molecule has 17 heavy (non-hydrogen) atoms. The van der Waals surface area contributed by atoms with E-state index in [1.807, 2.05) is 0 Å². The maximum Gasteiger partial charge on any atom is 0.146 e. The van der Waals surface area contributed by atoms with Crippen molar-refractivity contribution < 1.29 is 4.39 Å². The maximum atomic E-state index is 13.8. The van der Waals surface area contributed by atoms with Crippen molar-refractivity contribution in [3.05, 3.63) is 29.0 Å². The number of nitrogens with zero attached hydrogens (tertiary/aromatic N) is 1. The lowest BCUT2D eigenvalue weighted by atomic mass is 9.87. The molecule has 2 rings (SSSR count). The molecule has 1 aliphatic heterocycles. The summed E-state index contributed by atoms with van der Waals surface area (Å²) in [5, 5.41) is 0.566. The highest BCUT2D eigenvalue weighted by Crippen LogP contribution is 2.31. The SMILES string of the molecule is CC1C(N)CCN(c2cc(Cl)ccc2F)C1C. The Labute approximate surface area is 107 Å². The Morgan fingerprint density at radius 1 is 1.41 bits per heavy atom. The van der Waals surface area contributed by atoms with Gasteiger partial charge in [0.25, 0.3) is 0 Å². The van der Waals surface area contributed by atoms with E-state index < -0.39 is 0 Å². The summed E-state index contributed by atoms with van der Waals surface area (Å²) < 4.78 is 13.8. The molecular weight excluding hydrogens is 239 g/mol. The predicted octanol–water partition coefficient (Wildman–Crippen LogP) is 3.04. The number of piperidine rings is 1. The summed E-state index contributed by atoms with van der Waals surface area (Å²) >= 11 is 5.93. The van der Waals surface area contributed by atoms with Gasteiger partial charge in [-0.25, -0.2) is 4.39 Å². The zero-order valence-corrected chi connectivity index (χ0v) is 10.9. The minimum atomic E-state index is -0.219. The summed E-state index contributed by atoms with van der Waals surface area (Å²) in [6.45, 7) is 4.98. The summed E-state index contributed by atoms with van der Waals surface area (Å²) in [6.07, 6.45) is 0.886. The number of hydrogen-bond donors (Lipinski definition) is 1. The molecule has 0 radical (unpaired) electrons. The van der Waals surface area contributed by atoms with Crippen molar-refractivity contribution in [1.29, 1.82) is 0 Å².